The molecule has 0 bridgehead atoms. The number of piperidine rings is 1. The van der Waals surface area contributed by atoms with E-state index in [0.717, 1.165) is 37.1 Å². The number of benzene rings is 2. The molecular formula is C23H26N4O2. The third kappa shape index (κ3) is 4.83. The number of hydrogen-bond acceptors (Lipinski definition) is 5. The van der Waals surface area contributed by atoms with Crippen molar-refractivity contribution in [2.45, 2.75) is 38.6 Å². The Morgan fingerprint density at radius 3 is 2.48 bits per heavy atom. The highest BCUT2D eigenvalue weighted by Crippen LogP contribution is 2.24. The maximum Gasteiger partial charge on any atom is 0.318 e. The number of nitrogens with zero attached hydrogens (tertiary/aromatic N) is 3. The zero-order valence-corrected chi connectivity index (χ0v) is 16.7. The van der Waals surface area contributed by atoms with Crippen molar-refractivity contribution in [3.63, 3.8) is 0 Å². The molecule has 1 aliphatic rings. The maximum atomic E-state index is 12.8. The minimum Gasteiger partial charge on any atom is -0.406 e. The summed E-state index contributed by atoms with van der Waals surface area (Å²) in [5.41, 5.74) is 2.83. The Bertz CT molecular complexity index is 931. The smallest absolute Gasteiger partial charge is 0.318 e. The van der Waals surface area contributed by atoms with Crippen molar-refractivity contribution in [3.8, 4) is 0 Å². The quantitative estimate of drug-likeness (QED) is 0.687. The molecular weight excluding hydrogens is 364 g/mol. The lowest BCUT2D eigenvalue weighted by atomic mass is 10.0. The zero-order chi connectivity index (χ0) is 20.1. The molecule has 1 aliphatic heterocycles. The number of aryl methyl sites for hydroxylation is 1. The molecule has 6 heteroatoms. The molecule has 6 nitrogen and oxygen atoms in total. The van der Waals surface area contributed by atoms with E-state index in [-0.39, 0.29) is 5.91 Å². The van der Waals surface area contributed by atoms with Gasteiger partial charge in [0.15, 0.2) is 0 Å². The molecule has 4 rings (SSSR count). The number of rotatable bonds is 6. The second kappa shape index (κ2) is 8.90. The van der Waals surface area contributed by atoms with Gasteiger partial charge in [-0.05, 0) is 43.9 Å². The predicted octanol–water partition coefficient (Wildman–Crippen LogP) is 4.08. The molecule has 0 unspecified atom stereocenters. The van der Waals surface area contributed by atoms with Crippen molar-refractivity contribution in [3.05, 3.63) is 77.2 Å². The van der Waals surface area contributed by atoms with Crippen molar-refractivity contribution in [2.24, 2.45) is 0 Å². The van der Waals surface area contributed by atoms with Gasteiger partial charge < -0.3 is 14.6 Å². The summed E-state index contributed by atoms with van der Waals surface area (Å²) in [6, 6.07) is 17.7. The van der Waals surface area contributed by atoms with Gasteiger partial charge in [-0.3, -0.25) is 4.79 Å². The van der Waals surface area contributed by atoms with Crippen molar-refractivity contribution in [2.75, 3.05) is 18.0 Å². The van der Waals surface area contributed by atoms with E-state index in [1.165, 1.54) is 6.42 Å². The van der Waals surface area contributed by atoms with E-state index < -0.39 is 6.04 Å². The van der Waals surface area contributed by atoms with Crippen molar-refractivity contribution >= 4 is 11.9 Å². The van der Waals surface area contributed by atoms with E-state index in [9.17, 15) is 4.79 Å². The number of carbonyl (C=O) groups is 1. The lowest BCUT2D eigenvalue weighted by molar-refractivity contribution is 0.0930. The molecule has 1 N–H and O–H groups in total. The molecule has 0 radical (unpaired) electrons. The topological polar surface area (TPSA) is 71.3 Å². The summed E-state index contributed by atoms with van der Waals surface area (Å²) in [4.78, 5) is 15.0. The normalized spacial score (nSPS) is 15.1. The van der Waals surface area contributed by atoms with Crippen LogP contribution in [-0.4, -0.2) is 29.2 Å². The van der Waals surface area contributed by atoms with Crippen LogP contribution in [-0.2, 0) is 6.42 Å². The highest BCUT2D eigenvalue weighted by Gasteiger charge is 2.24. The van der Waals surface area contributed by atoms with Gasteiger partial charge in [0.25, 0.3) is 5.91 Å². The van der Waals surface area contributed by atoms with Crippen LogP contribution in [0.2, 0.25) is 0 Å². The number of amides is 1. The Morgan fingerprint density at radius 2 is 1.76 bits per heavy atom. The summed E-state index contributed by atoms with van der Waals surface area (Å²) in [5.74, 6) is 0.290. The summed E-state index contributed by atoms with van der Waals surface area (Å²) in [7, 11) is 0. The third-order valence-electron chi connectivity index (χ3n) is 5.26. The van der Waals surface area contributed by atoms with Crippen LogP contribution < -0.4 is 10.2 Å². The maximum absolute atomic E-state index is 12.8. The molecule has 2 aromatic carbocycles. The summed E-state index contributed by atoms with van der Waals surface area (Å²) >= 11 is 0. The van der Waals surface area contributed by atoms with E-state index in [1.54, 1.807) is 0 Å². The molecule has 0 spiro atoms. The van der Waals surface area contributed by atoms with Crippen molar-refractivity contribution < 1.29 is 9.21 Å². The number of hydrogen-bond donors (Lipinski definition) is 1. The fourth-order valence-corrected chi connectivity index (χ4v) is 3.58. The minimum absolute atomic E-state index is 0.149. The number of nitrogens with one attached hydrogen (secondary N) is 1. The lowest BCUT2D eigenvalue weighted by Crippen LogP contribution is -2.30. The number of aromatic nitrogens is 2. The number of anilines is 1. The first kappa shape index (κ1) is 19.2. The molecule has 3 aromatic rings. The third-order valence-corrected chi connectivity index (χ3v) is 5.26. The van der Waals surface area contributed by atoms with Gasteiger partial charge in [0.2, 0.25) is 5.89 Å². The Kier molecular flexibility index (Phi) is 5.89. The monoisotopic (exact) mass is 390 g/mol. The standard InChI is InChI=1S/C23H26N4O2/c1-17-10-12-19(13-11-17)21(28)24-20(16-18-8-4-2-5-9-18)22-25-26-23(29-22)27-14-6-3-7-15-27/h2,4-5,8-13,20H,3,6-7,14-16H2,1H3,(H,24,28)/t20-/m0/s1. The van der Waals surface area contributed by atoms with Crippen LogP contribution in [0.1, 0.15) is 52.7 Å². The first-order valence-electron chi connectivity index (χ1n) is 10.2. The summed E-state index contributed by atoms with van der Waals surface area (Å²) in [6.45, 7) is 3.86. The lowest BCUT2D eigenvalue weighted by Gasteiger charge is -2.24. The van der Waals surface area contributed by atoms with Gasteiger partial charge in [0, 0.05) is 25.1 Å². The van der Waals surface area contributed by atoms with E-state index >= 15 is 0 Å². The summed E-state index contributed by atoms with van der Waals surface area (Å²) in [5, 5.41) is 11.6. The van der Waals surface area contributed by atoms with E-state index in [1.807, 2.05) is 61.5 Å². The summed E-state index contributed by atoms with van der Waals surface area (Å²) < 4.78 is 6.00. The van der Waals surface area contributed by atoms with E-state index in [4.69, 9.17) is 4.42 Å². The average Bonchev–Trinajstić information content (AvgIpc) is 3.25. The zero-order valence-electron chi connectivity index (χ0n) is 16.7. The van der Waals surface area contributed by atoms with Crippen molar-refractivity contribution in [1.29, 1.82) is 0 Å². The fraction of sp³-hybridized carbons (Fsp3) is 0.348. The van der Waals surface area contributed by atoms with Crippen LogP contribution in [0, 0.1) is 6.92 Å². The predicted molar refractivity (Wildman–Crippen MR) is 112 cm³/mol. The van der Waals surface area contributed by atoms with Gasteiger partial charge in [-0.25, -0.2) is 0 Å². The van der Waals surface area contributed by atoms with Gasteiger partial charge in [0.05, 0.1) is 0 Å². The minimum atomic E-state index is -0.391. The summed E-state index contributed by atoms with van der Waals surface area (Å²) in [6.07, 6.45) is 4.09. The van der Waals surface area contributed by atoms with Crippen LogP contribution in [0.25, 0.3) is 0 Å². The van der Waals surface area contributed by atoms with Gasteiger partial charge in [0.1, 0.15) is 6.04 Å². The highest BCUT2D eigenvalue weighted by atomic mass is 16.4. The van der Waals surface area contributed by atoms with Gasteiger partial charge in [-0.2, -0.15) is 0 Å². The SMILES string of the molecule is Cc1ccc(C(=O)N[C@@H](Cc2ccccc2)c2nnc(N3CCCCC3)o2)cc1. The Labute approximate surface area is 170 Å². The second-order valence-electron chi connectivity index (χ2n) is 7.55. The van der Waals surface area contributed by atoms with Gasteiger partial charge in [-0.1, -0.05) is 53.1 Å². The van der Waals surface area contributed by atoms with Crippen LogP contribution >= 0.6 is 0 Å². The Morgan fingerprint density at radius 1 is 1.03 bits per heavy atom. The first-order valence-corrected chi connectivity index (χ1v) is 10.2. The molecule has 1 atom stereocenters. The fourth-order valence-electron chi connectivity index (χ4n) is 3.58. The largest absolute Gasteiger partial charge is 0.406 e. The Hall–Kier alpha value is -3.15. The van der Waals surface area contributed by atoms with Gasteiger partial charge >= 0.3 is 6.01 Å². The molecule has 29 heavy (non-hydrogen) atoms. The van der Waals surface area contributed by atoms with Crippen LogP contribution in [0.4, 0.5) is 6.01 Å². The van der Waals surface area contributed by atoms with Crippen LogP contribution in [0.3, 0.4) is 0 Å². The van der Waals surface area contributed by atoms with Crippen LogP contribution in [0.15, 0.2) is 59.0 Å². The Balaban J connectivity index is 1.55. The molecule has 1 aromatic heterocycles. The molecule has 1 amide bonds. The van der Waals surface area contributed by atoms with E-state index in [2.05, 4.69) is 20.4 Å². The molecule has 2 heterocycles. The molecule has 0 aliphatic carbocycles. The molecule has 150 valence electrons. The molecule has 0 saturated carbocycles. The van der Waals surface area contributed by atoms with Gasteiger partial charge in [-0.15, -0.1) is 5.10 Å². The first-order chi connectivity index (χ1) is 14.2. The van der Waals surface area contributed by atoms with Crippen LogP contribution in [0.5, 0.6) is 0 Å². The highest BCUT2D eigenvalue weighted by molar-refractivity contribution is 5.94. The molecule has 1 fully saturated rings. The second-order valence-corrected chi connectivity index (χ2v) is 7.55. The van der Waals surface area contributed by atoms with E-state index in [0.29, 0.717) is 23.9 Å². The van der Waals surface area contributed by atoms with Crippen molar-refractivity contribution in [1.82, 2.24) is 15.5 Å². The molecule has 1 saturated heterocycles. The average molecular weight is 390 g/mol. The number of carbonyl (C=O) groups excluding carboxylic acids is 1.